The molecule has 11 rings (SSSR count). The second-order valence-corrected chi connectivity index (χ2v) is 14.1. The lowest BCUT2D eigenvalue weighted by atomic mass is 10.0. The van der Waals surface area contributed by atoms with E-state index in [9.17, 15) is 0 Å². The topological polar surface area (TPSA) is 69.6 Å². The predicted molar refractivity (Wildman–Crippen MR) is 216 cm³/mol. The monoisotopic (exact) mass is 697 g/mol. The Morgan fingerprint density at radius 1 is 0.396 bits per heavy atom. The van der Waals surface area contributed by atoms with Crippen LogP contribution in [0, 0.1) is 0 Å². The number of fused-ring (bicyclic) bond motifs is 7. The van der Waals surface area contributed by atoms with Crippen LogP contribution in [0.4, 0.5) is 0 Å². The van der Waals surface area contributed by atoms with Gasteiger partial charge in [0.15, 0.2) is 22.6 Å². The van der Waals surface area contributed by atoms with Gasteiger partial charge in [-0.15, -0.1) is 0 Å². The van der Waals surface area contributed by atoms with Gasteiger partial charge in [0.05, 0.1) is 21.3 Å². The molecule has 6 nitrogen and oxygen atoms in total. The summed E-state index contributed by atoms with van der Waals surface area (Å²) in [6.07, 6.45) is 0. The minimum Gasteiger partial charge on any atom is -0.456 e. The van der Waals surface area contributed by atoms with E-state index in [2.05, 4.69) is 108 Å². The second kappa shape index (κ2) is 11.8. The Kier molecular flexibility index (Phi) is 6.62. The van der Waals surface area contributed by atoms with E-state index >= 15 is 0 Å². The van der Waals surface area contributed by atoms with E-state index in [4.69, 9.17) is 24.4 Å². The maximum atomic E-state index is 6.09. The number of furan rings is 1. The van der Waals surface area contributed by atoms with E-state index in [1.54, 1.807) is 11.3 Å². The Bertz CT molecular complexity index is 3120. The number of hydrogen-bond donors (Lipinski definition) is 0. The summed E-state index contributed by atoms with van der Waals surface area (Å²) < 4.78 is 9.52. The molecule has 0 fully saturated rings. The Morgan fingerprint density at radius 3 is 1.68 bits per heavy atom. The van der Waals surface area contributed by atoms with Crippen LogP contribution in [0.3, 0.4) is 0 Å². The molecule has 7 aromatic carbocycles. The largest absolute Gasteiger partial charge is 0.456 e. The molecule has 0 aliphatic heterocycles. The molecule has 0 unspecified atom stereocenters. The van der Waals surface area contributed by atoms with Crippen LogP contribution in [0.2, 0.25) is 0 Å². The summed E-state index contributed by atoms with van der Waals surface area (Å²) in [5.41, 5.74) is 9.99. The third-order valence-electron chi connectivity index (χ3n) is 9.93. The minimum atomic E-state index is 0.611. The molecule has 0 aliphatic carbocycles. The van der Waals surface area contributed by atoms with Crippen LogP contribution < -0.4 is 0 Å². The van der Waals surface area contributed by atoms with Crippen molar-refractivity contribution in [3.8, 4) is 50.4 Å². The van der Waals surface area contributed by atoms with E-state index in [1.807, 2.05) is 60.7 Å². The summed E-state index contributed by atoms with van der Waals surface area (Å²) in [6.45, 7) is 0. The van der Waals surface area contributed by atoms with E-state index in [0.29, 0.717) is 17.5 Å². The molecule has 0 saturated carbocycles. The van der Waals surface area contributed by atoms with Gasteiger partial charge in [-0.25, -0.2) is 19.9 Å². The quantitative estimate of drug-likeness (QED) is 0.179. The van der Waals surface area contributed by atoms with Gasteiger partial charge in [0, 0.05) is 38.2 Å². The second-order valence-electron chi connectivity index (χ2n) is 13.1. The zero-order valence-corrected chi connectivity index (χ0v) is 29.0. The average molecular weight is 698 g/mol. The van der Waals surface area contributed by atoms with Gasteiger partial charge in [-0.1, -0.05) is 127 Å². The molecule has 4 aromatic heterocycles. The molecule has 0 saturated heterocycles. The van der Waals surface area contributed by atoms with Crippen molar-refractivity contribution in [3.05, 3.63) is 164 Å². The molecule has 11 aromatic rings. The van der Waals surface area contributed by atoms with Crippen LogP contribution in [-0.4, -0.2) is 24.5 Å². The van der Waals surface area contributed by atoms with Gasteiger partial charge in [0.25, 0.3) is 0 Å². The summed E-state index contributed by atoms with van der Waals surface area (Å²) in [5.74, 6) is 1.85. The lowest BCUT2D eigenvalue weighted by Crippen LogP contribution is -2.00. The summed E-state index contributed by atoms with van der Waals surface area (Å²) in [4.78, 5) is 20.0. The van der Waals surface area contributed by atoms with Gasteiger partial charge in [0.1, 0.15) is 11.2 Å². The highest BCUT2D eigenvalue weighted by Gasteiger charge is 2.17. The van der Waals surface area contributed by atoms with Gasteiger partial charge in [-0.3, -0.25) is 4.57 Å². The molecule has 0 bridgehead atoms. The van der Waals surface area contributed by atoms with E-state index in [0.717, 1.165) is 76.1 Å². The Balaban J connectivity index is 0.973. The highest BCUT2D eigenvalue weighted by molar-refractivity contribution is 7.20. The van der Waals surface area contributed by atoms with Crippen molar-refractivity contribution < 1.29 is 4.42 Å². The third-order valence-corrected chi connectivity index (χ3v) is 10.9. The molecule has 0 amide bonds. The standard InChI is InChI=1S/C46H27N5OS/c1-2-10-29(11-3-1)43-48-44(50-45(49-43)32-23-25-41-36(26-32)35-14-6-9-17-40(35)52-41)30-20-18-28(19-21-30)31-22-24-37-42(27-31)53-46(47-37)51-38-15-7-4-12-33(38)34-13-5-8-16-39(34)51/h1-27H. The van der Waals surface area contributed by atoms with Gasteiger partial charge in [0.2, 0.25) is 0 Å². The zero-order valence-electron chi connectivity index (χ0n) is 28.1. The molecule has 53 heavy (non-hydrogen) atoms. The highest BCUT2D eigenvalue weighted by Crippen LogP contribution is 2.37. The molecule has 7 heteroatoms. The molecule has 0 N–H and O–H groups in total. The fourth-order valence-corrected chi connectivity index (χ4v) is 8.38. The van der Waals surface area contributed by atoms with Crippen LogP contribution in [0.5, 0.6) is 0 Å². The number of thiazole rings is 1. The molecule has 0 radical (unpaired) electrons. The summed E-state index contributed by atoms with van der Waals surface area (Å²) in [6, 6.07) is 56.4. The molecule has 0 atom stereocenters. The minimum absolute atomic E-state index is 0.611. The first-order valence-corrected chi connectivity index (χ1v) is 18.3. The number of rotatable bonds is 5. The fourth-order valence-electron chi connectivity index (χ4n) is 7.34. The van der Waals surface area contributed by atoms with Crippen molar-refractivity contribution in [2.24, 2.45) is 0 Å². The Morgan fingerprint density at radius 2 is 0.943 bits per heavy atom. The maximum Gasteiger partial charge on any atom is 0.195 e. The molecular weight excluding hydrogens is 671 g/mol. The third kappa shape index (κ3) is 4.93. The smallest absolute Gasteiger partial charge is 0.195 e. The highest BCUT2D eigenvalue weighted by atomic mass is 32.1. The Hall–Kier alpha value is -6.96. The van der Waals surface area contributed by atoms with Gasteiger partial charge in [-0.05, 0) is 59.7 Å². The fraction of sp³-hybridized carbons (Fsp3) is 0. The SMILES string of the molecule is c1ccc(-c2nc(-c3ccc(-c4ccc5nc(-n6c7ccccc7c7ccccc76)sc5c4)cc3)nc(-c3ccc4oc5ccccc5c4c3)n2)cc1. The number of para-hydroxylation sites is 3. The van der Waals surface area contributed by atoms with E-state index < -0.39 is 0 Å². The van der Waals surface area contributed by atoms with Gasteiger partial charge in [-0.2, -0.15) is 0 Å². The van der Waals surface area contributed by atoms with Gasteiger partial charge < -0.3 is 4.42 Å². The van der Waals surface area contributed by atoms with Crippen LogP contribution in [-0.2, 0) is 0 Å². The van der Waals surface area contributed by atoms with Crippen LogP contribution in [0.15, 0.2) is 168 Å². The predicted octanol–water partition coefficient (Wildman–Crippen LogP) is 12.1. The first-order valence-electron chi connectivity index (χ1n) is 17.5. The first-order chi connectivity index (χ1) is 26.2. The number of benzene rings is 7. The van der Waals surface area contributed by atoms with Crippen molar-refractivity contribution in [3.63, 3.8) is 0 Å². The lowest BCUT2D eigenvalue weighted by Gasteiger charge is -2.09. The first kappa shape index (κ1) is 29.7. The maximum absolute atomic E-state index is 6.09. The van der Waals surface area contributed by atoms with E-state index in [-0.39, 0.29) is 0 Å². The molecule has 0 aliphatic rings. The van der Waals surface area contributed by atoms with Crippen molar-refractivity contribution in [1.29, 1.82) is 0 Å². The molecule has 0 spiro atoms. The normalized spacial score (nSPS) is 11.8. The van der Waals surface area contributed by atoms with Crippen LogP contribution >= 0.6 is 11.3 Å². The number of hydrogen-bond acceptors (Lipinski definition) is 6. The zero-order chi connectivity index (χ0) is 34.9. The van der Waals surface area contributed by atoms with Crippen molar-refractivity contribution in [2.75, 3.05) is 0 Å². The summed E-state index contributed by atoms with van der Waals surface area (Å²) in [7, 11) is 0. The van der Waals surface area contributed by atoms with E-state index in [1.165, 1.54) is 10.8 Å². The lowest BCUT2D eigenvalue weighted by molar-refractivity contribution is 0.669. The van der Waals surface area contributed by atoms with Crippen LogP contribution in [0.25, 0.3) is 104 Å². The van der Waals surface area contributed by atoms with Crippen LogP contribution in [0.1, 0.15) is 0 Å². The molecule has 248 valence electrons. The molecular formula is C46H27N5OS. The molecule has 4 heterocycles. The summed E-state index contributed by atoms with van der Waals surface area (Å²) in [5, 5.41) is 5.53. The average Bonchev–Trinajstić information content (AvgIpc) is 3.92. The van der Waals surface area contributed by atoms with Crippen molar-refractivity contribution in [2.45, 2.75) is 0 Å². The number of nitrogens with zero attached hydrogens (tertiary/aromatic N) is 5. The number of aromatic nitrogens is 5. The Labute approximate surface area is 307 Å². The summed E-state index contributed by atoms with van der Waals surface area (Å²) >= 11 is 1.71. The van der Waals surface area contributed by atoms with Crippen molar-refractivity contribution in [1.82, 2.24) is 24.5 Å². The van der Waals surface area contributed by atoms with Gasteiger partial charge >= 0.3 is 0 Å². The van der Waals surface area contributed by atoms with Crippen molar-refractivity contribution >= 4 is 65.3 Å².